The Morgan fingerprint density at radius 2 is 1.81 bits per heavy atom. The lowest BCUT2D eigenvalue weighted by atomic mass is 10.1. The fraction of sp³-hybridized carbons (Fsp3) is 0.174. The van der Waals surface area contributed by atoms with Gasteiger partial charge in [-0.3, -0.25) is 4.79 Å². The molecule has 0 aliphatic carbocycles. The van der Waals surface area contributed by atoms with Gasteiger partial charge in [-0.1, -0.05) is 48.2 Å². The molecule has 0 radical (unpaired) electrons. The van der Waals surface area contributed by atoms with Crippen molar-refractivity contribution in [1.29, 1.82) is 0 Å². The minimum atomic E-state index is -0.0159. The van der Waals surface area contributed by atoms with Crippen molar-refractivity contribution in [1.82, 2.24) is 14.9 Å². The number of hydrogen-bond acceptors (Lipinski definition) is 6. The highest BCUT2D eigenvalue weighted by Crippen LogP contribution is 2.28. The maximum Gasteiger partial charge on any atom is 0.237 e. The van der Waals surface area contributed by atoms with Crippen LogP contribution in [0.15, 0.2) is 71.9 Å². The number of fused-ring (bicyclic) bond motifs is 1. The first-order valence-electron chi connectivity index (χ1n) is 9.88. The fourth-order valence-electron chi connectivity index (χ4n) is 3.44. The molecule has 0 saturated carbocycles. The molecule has 31 heavy (non-hydrogen) atoms. The number of hydrogen-bond donors (Lipinski definition) is 1. The third kappa shape index (κ3) is 4.20. The molecule has 0 saturated heterocycles. The number of aromatic nitrogens is 3. The SMILES string of the molecule is CCN(C(=O)CSc1nnc(-c2ccc(OC)cc2)n1N)c1cccc2ccccc12. The summed E-state index contributed by atoms with van der Waals surface area (Å²) in [5, 5.41) is 11.0. The van der Waals surface area contributed by atoms with Crippen molar-refractivity contribution >= 4 is 34.1 Å². The van der Waals surface area contributed by atoms with Gasteiger partial charge in [-0.2, -0.15) is 0 Å². The maximum absolute atomic E-state index is 13.0. The summed E-state index contributed by atoms with van der Waals surface area (Å²) in [6, 6.07) is 21.5. The zero-order valence-corrected chi connectivity index (χ0v) is 18.2. The lowest BCUT2D eigenvalue weighted by molar-refractivity contribution is -0.116. The molecule has 8 heteroatoms. The highest BCUT2D eigenvalue weighted by Gasteiger charge is 2.19. The zero-order chi connectivity index (χ0) is 21.8. The molecule has 0 unspecified atom stereocenters. The molecule has 0 spiro atoms. The van der Waals surface area contributed by atoms with E-state index in [2.05, 4.69) is 10.2 Å². The van der Waals surface area contributed by atoms with Crippen molar-refractivity contribution in [2.45, 2.75) is 12.1 Å². The van der Waals surface area contributed by atoms with E-state index in [-0.39, 0.29) is 11.7 Å². The van der Waals surface area contributed by atoms with Crippen molar-refractivity contribution in [2.75, 3.05) is 30.1 Å². The summed E-state index contributed by atoms with van der Waals surface area (Å²) in [5.74, 6) is 7.67. The van der Waals surface area contributed by atoms with Crippen LogP contribution in [-0.2, 0) is 4.79 Å². The van der Waals surface area contributed by atoms with Crippen LogP contribution in [0.5, 0.6) is 5.75 Å². The molecule has 2 N–H and O–H groups in total. The van der Waals surface area contributed by atoms with Crippen LogP contribution in [0.2, 0.25) is 0 Å². The third-order valence-electron chi connectivity index (χ3n) is 5.01. The number of nitrogen functional groups attached to an aromatic ring is 1. The number of carbonyl (C=O) groups is 1. The second kappa shape index (κ2) is 9.09. The topological polar surface area (TPSA) is 86.3 Å². The van der Waals surface area contributed by atoms with Gasteiger partial charge in [0, 0.05) is 17.5 Å². The molecule has 0 bridgehead atoms. The molecule has 1 heterocycles. The highest BCUT2D eigenvalue weighted by atomic mass is 32.2. The molecule has 1 aromatic heterocycles. The van der Waals surface area contributed by atoms with E-state index in [0.717, 1.165) is 27.8 Å². The lowest BCUT2D eigenvalue weighted by Crippen LogP contribution is -2.32. The van der Waals surface area contributed by atoms with E-state index in [1.165, 1.54) is 16.4 Å². The Morgan fingerprint density at radius 3 is 2.55 bits per heavy atom. The van der Waals surface area contributed by atoms with Crippen molar-refractivity contribution in [3.05, 3.63) is 66.7 Å². The van der Waals surface area contributed by atoms with Crippen LogP contribution in [0.1, 0.15) is 6.92 Å². The molecule has 0 atom stereocenters. The van der Waals surface area contributed by atoms with Gasteiger partial charge in [-0.05, 0) is 42.6 Å². The van der Waals surface area contributed by atoms with E-state index < -0.39 is 0 Å². The van der Waals surface area contributed by atoms with Gasteiger partial charge >= 0.3 is 0 Å². The van der Waals surface area contributed by atoms with E-state index >= 15 is 0 Å². The molecule has 0 aliphatic rings. The molecular weight excluding hydrogens is 410 g/mol. The van der Waals surface area contributed by atoms with E-state index in [1.54, 1.807) is 12.0 Å². The van der Waals surface area contributed by atoms with E-state index in [4.69, 9.17) is 10.6 Å². The second-order valence-electron chi connectivity index (χ2n) is 6.83. The van der Waals surface area contributed by atoms with Crippen LogP contribution in [-0.4, -0.2) is 40.2 Å². The van der Waals surface area contributed by atoms with E-state index in [0.29, 0.717) is 17.5 Å². The average molecular weight is 434 g/mol. The molecule has 4 aromatic rings. The lowest BCUT2D eigenvalue weighted by Gasteiger charge is -2.22. The molecule has 1 amide bonds. The van der Waals surface area contributed by atoms with Crippen molar-refractivity contribution < 1.29 is 9.53 Å². The first kappa shape index (κ1) is 20.7. The van der Waals surface area contributed by atoms with Gasteiger partial charge in [0.15, 0.2) is 5.82 Å². The number of thioether (sulfide) groups is 1. The average Bonchev–Trinajstić information content (AvgIpc) is 3.18. The Kier molecular flexibility index (Phi) is 6.08. The number of benzene rings is 3. The highest BCUT2D eigenvalue weighted by molar-refractivity contribution is 7.99. The monoisotopic (exact) mass is 433 g/mol. The molecule has 7 nitrogen and oxygen atoms in total. The number of nitrogens with two attached hydrogens (primary N) is 1. The first-order chi connectivity index (χ1) is 15.1. The van der Waals surface area contributed by atoms with Crippen molar-refractivity contribution in [3.8, 4) is 17.1 Å². The standard InChI is InChI=1S/C23H23N5O2S/c1-3-27(20-10-6-8-16-7-4-5-9-19(16)20)21(29)15-31-23-26-25-22(28(23)24)17-11-13-18(30-2)14-12-17/h4-14H,3,15,24H2,1-2H3. The number of methoxy groups -OCH3 is 1. The third-order valence-corrected chi connectivity index (χ3v) is 5.94. The fourth-order valence-corrected chi connectivity index (χ4v) is 4.17. The van der Waals surface area contributed by atoms with Crippen LogP contribution < -0.4 is 15.5 Å². The first-order valence-corrected chi connectivity index (χ1v) is 10.9. The van der Waals surface area contributed by atoms with Gasteiger partial charge in [0.1, 0.15) is 5.75 Å². The smallest absolute Gasteiger partial charge is 0.237 e. The van der Waals surface area contributed by atoms with Gasteiger partial charge in [0.2, 0.25) is 11.1 Å². The van der Waals surface area contributed by atoms with Crippen LogP contribution in [0, 0.1) is 0 Å². The van der Waals surface area contributed by atoms with Crippen LogP contribution >= 0.6 is 11.8 Å². The number of amides is 1. The summed E-state index contributed by atoms with van der Waals surface area (Å²) in [5.41, 5.74) is 1.72. The Labute approximate surface area is 184 Å². The van der Waals surface area contributed by atoms with Crippen LogP contribution in [0.4, 0.5) is 5.69 Å². The quantitative estimate of drug-likeness (QED) is 0.351. The van der Waals surface area contributed by atoms with Gasteiger partial charge in [-0.25, -0.2) is 4.68 Å². The second-order valence-corrected chi connectivity index (χ2v) is 7.77. The molecule has 158 valence electrons. The van der Waals surface area contributed by atoms with Crippen LogP contribution in [0.25, 0.3) is 22.2 Å². The Bertz CT molecular complexity index is 1200. The summed E-state index contributed by atoms with van der Waals surface area (Å²) in [6.45, 7) is 2.54. The van der Waals surface area contributed by atoms with Crippen LogP contribution in [0.3, 0.4) is 0 Å². The minimum Gasteiger partial charge on any atom is -0.497 e. The summed E-state index contributed by atoms with van der Waals surface area (Å²) in [4.78, 5) is 14.8. The van der Waals surface area contributed by atoms with Gasteiger partial charge in [0.25, 0.3) is 0 Å². The Morgan fingerprint density at radius 1 is 1.06 bits per heavy atom. The Balaban J connectivity index is 1.50. The number of nitrogens with zero attached hydrogens (tertiary/aromatic N) is 4. The largest absolute Gasteiger partial charge is 0.497 e. The normalized spacial score (nSPS) is 10.9. The van der Waals surface area contributed by atoms with E-state index in [9.17, 15) is 4.79 Å². The molecule has 0 aliphatic heterocycles. The summed E-state index contributed by atoms with van der Waals surface area (Å²) < 4.78 is 6.59. The van der Waals surface area contributed by atoms with Gasteiger partial charge < -0.3 is 15.5 Å². The minimum absolute atomic E-state index is 0.0159. The Hall–Kier alpha value is -3.52. The molecular formula is C23H23N5O2S. The number of anilines is 1. The number of ether oxygens (including phenoxy) is 1. The van der Waals surface area contributed by atoms with E-state index in [1.807, 2.05) is 73.7 Å². The summed E-state index contributed by atoms with van der Waals surface area (Å²) in [7, 11) is 1.62. The zero-order valence-electron chi connectivity index (χ0n) is 17.4. The number of carbonyl (C=O) groups excluding carboxylic acids is 1. The number of rotatable bonds is 7. The predicted octanol–water partition coefficient (Wildman–Crippen LogP) is 3.97. The summed E-state index contributed by atoms with van der Waals surface area (Å²) in [6.07, 6.45) is 0. The molecule has 4 rings (SSSR count). The van der Waals surface area contributed by atoms with Crippen molar-refractivity contribution in [2.24, 2.45) is 0 Å². The molecule has 3 aromatic carbocycles. The summed E-state index contributed by atoms with van der Waals surface area (Å²) >= 11 is 1.27. The van der Waals surface area contributed by atoms with Gasteiger partial charge in [0.05, 0.1) is 18.6 Å². The maximum atomic E-state index is 13.0. The van der Waals surface area contributed by atoms with Gasteiger partial charge in [-0.15, -0.1) is 10.2 Å². The predicted molar refractivity (Wildman–Crippen MR) is 125 cm³/mol. The molecule has 0 fully saturated rings. The van der Waals surface area contributed by atoms with Crippen molar-refractivity contribution in [3.63, 3.8) is 0 Å².